The number of methoxy groups -OCH3 is 1. The number of esters is 1. The predicted molar refractivity (Wildman–Crippen MR) is 68.0 cm³/mol. The maximum absolute atomic E-state index is 11.5. The Morgan fingerprint density at radius 3 is 2.76 bits per heavy atom. The third-order valence-corrected chi connectivity index (χ3v) is 3.47. The van der Waals surface area contributed by atoms with Crippen molar-refractivity contribution in [3.05, 3.63) is 0 Å². The molecule has 0 aromatic carbocycles. The van der Waals surface area contributed by atoms with Gasteiger partial charge in [0, 0.05) is 32.2 Å². The first-order valence-corrected chi connectivity index (χ1v) is 6.28. The molecule has 1 heterocycles. The first-order valence-electron chi connectivity index (χ1n) is 6.28. The second-order valence-electron chi connectivity index (χ2n) is 4.79. The Kier molecular flexibility index (Phi) is 5.88. The molecule has 0 bridgehead atoms. The Morgan fingerprint density at radius 2 is 2.18 bits per heavy atom. The highest BCUT2D eigenvalue weighted by Gasteiger charge is 2.24. The molecule has 2 unspecified atom stereocenters. The minimum Gasteiger partial charge on any atom is -0.468 e. The number of likely N-dealkylation sites (N-methyl/N-ethyl adjacent to an activating group) is 2. The largest absolute Gasteiger partial charge is 0.468 e. The van der Waals surface area contributed by atoms with Crippen molar-refractivity contribution >= 4 is 5.97 Å². The van der Waals surface area contributed by atoms with Crippen LogP contribution in [0, 0.1) is 0 Å². The van der Waals surface area contributed by atoms with Crippen molar-refractivity contribution in [2.24, 2.45) is 0 Å². The van der Waals surface area contributed by atoms with Gasteiger partial charge in [0.25, 0.3) is 0 Å². The van der Waals surface area contributed by atoms with Crippen LogP contribution in [0.15, 0.2) is 0 Å². The summed E-state index contributed by atoms with van der Waals surface area (Å²) in [5, 5.41) is 3.30. The summed E-state index contributed by atoms with van der Waals surface area (Å²) in [6, 6.07) is 0.285. The molecule has 0 saturated carbocycles. The molecule has 17 heavy (non-hydrogen) atoms. The molecule has 0 radical (unpaired) electrons. The van der Waals surface area contributed by atoms with E-state index in [2.05, 4.69) is 29.2 Å². The zero-order valence-corrected chi connectivity index (χ0v) is 11.4. The Hall–Kier alpha value is -0.650. The van der Waals surface area contributed by atoms with Gasteiger partial charge in [0.15, 0.2) is 0 Å². The number of ether oxygens (including phenoxy) is 1. The Labute approximate surface area is 104 Å². The number of piperazine rings is 1. The maximum atomic E-state index is 11.5. The van der Waals surface area contributed by atoms with Gasteiger partial charge < -0.3 is 15.0 Å². The van der Waals surface area contributed by atoms with Gasteiger partial charge in [-0.25, -0.2) is 0 Å². The van der Waals surface area contributed by atoms with Crippen LogP contribution in [0.3, 0.4) is 0 Å². The van der Waals surface area contributed by atoms with Gasteiger partial charge in [-0.15, -0.1) is 0 Å². The molecule has 1 fully saturated rings. The summed E-state index contributed by atoms with van der Waals surface area (Å²) in [6.45, 7) is 6.06. The number of carbonyl (C=O) groups is 1. The zero-order valence-electron chi connectivity index (χ0n) is 11.4. The fourth-order valence-electron chi connectivity index (χ4n) is 2.14. The quantitative estimate of drug-likeness (QED) is 0.676. The van der Waals surface area contributed by atoms with Crippen LogP contribution in [0.4, 0.5) is 0 Å². The second kappa shape index (κ2) is 6.93. The minimum atomic E-state index is -0.180. The summed E-state index contributed by atoms with van der Waals surface area (Å²) in [4.78, 5) is 16.1. The predicted octanol–water partition coefficient (Wildman–Crippen LogP) is -0.227. The summed E-state index contributed by atoms with van der Waals surface area (Å²) in [6.07, 6.45) is 0.763. The number of nitrogens with one attached hydrogen (secondary N) is 1. The van der Waals surface area contributed by atoms with Crippen LogP contribution in [-0.4, -0.2) is 75.2 Å². The third-order valence-electron chi connectivity index (χ3n) is 3.47. The van der Waals surface area contributed by atoms with E-state index in [1.165, 1.54) is 7.11 Å². The zero-order chi connectivity index (χ0) is 12.8. The number of hydrogen-bond acceptors (Lipinski definition) is 5. The molecule has 1 rings (SSSR count). The molecular weight excluding hydrogens is 218 g/mol. The van der Waals surface area contributed by atoms with Crippen LogP contribution in [0.25, 0.3) is 0 Å². The molecule has 0 aliphatic carbocycles. The summed E-state index contributed by atoms with van der Waals surface area (Å²) < 4.78 is 4.77. The molecule has 1 aliphatic heterocycles. The molecule has 0 aromatic heterocycles. The van der Waals surface area contributed by atoms with Gasteiger partial charge in [0.2, 0.25) is 0 Å². The van der Waals surface area contributed by atoms with E-state index in [1.807, 2.05) is 6.92 Å². The molecule has 1 N–H and O–H groups in total. The summed E-state index contributed by atoms with van der Waals surface area (Å²) in [5.74, 6) is -0.167. The Balaban J connectivity index is 2.39. The van der Waals surface area contributed by atoms with Crippen LogP contribution in [0.1, 0.15) is 13.3 Å². The molecular formula is C12H25N3O2. The molecule has 100 valence electrons. The number of carbonyl (C=O) groups excluding carboxylic acids is 1. The lowest BCUT2D eigenvalue weighted by molar-refractivity contribution is -0.143. The van der Waals surface area contributed by atoms with Crippen LogP contribution in [0.2, 0.25) is 0 Å². The smallest absolute Gasteiger partial charge is 0.322 e. The molecule has 2 atom stereocenters. The maximum Gasteiger partial charge on any atom is 0.322 e. The van der Waals surface area contributed by atoms with E-state index < -0.39 is 0 Å². The van der Waals surface area contributed by atoms with Gasteiger partial charge in [0.1, 0.15) is 6.04 Å². The average molecular weight is 243 g/mol. The van der Waals surface area contributed by atoms with Gasteiger partial charge in [-0.3, -0.25) is 9.69 Å². The molecule has 1 saturated heterocycles. The van der Waals surface area contributed by atoms with Gasteiger partial charge >= 0.3 is 5.97 Å². The highest BCUT2D eigenvalue weighted by atomic mass is 16.5. The van der Waals surface area contributed by atoms with E-state index in [9.17, 15) is 4.79 Å². The van der Waals surface area contributed by atoms with E-state index >= 15 is 0 Å². The van der Waals surface area contributed by atoms with Gasteiger partial charge in [-0.1, -0.05) is 6.92 Å². The van der Waals surface area contributed by atoms with Crippen molar-refractivity contribution in [3.8, 4) is 0 Å². The lowest BCUT2D eigenvalue weighted by atomic mass is 10.1. The van der Waals surface area contributed by atoms with E-state index in [0.29, 0.717) is 6.04 Å². The van der Waals surface area contributed by atoms with Crippen LogP contribution < -0.4 is 5.32 Å². The molecule has 0 spiro atoms. The number of nitrogens with zero attached hydrogens (tertiary/aromatic N) is 2. The molecule has 0 aromatic rings. The summed E-state index contributed by atoms with van der Waals surface area (Å²) >= 11 is 0. The third kappa shape index (κ3) is 4.26. The first kappa shape index (κ1) is 14.4. The summed E-state index contributed by atoms with van der Waals surface area (Å²) in [5.41, 5.74) is 0. The Morgan fingerprint density at radius 1 is 1.47 bits per heavy atom. The highest BCUT2D eigenvalue weighted by molar-refractivity contribution is 5.75. The van der Waals surface area contributed by atoms with Crippen LogP contribution in [0.5, 0.6) is 0 Å². The topological polar surface area (TPSA) is 44.8 Å². The molecule has 5 heteroatoms. The fourth-order valence-corrected chi connectivity index (χ4v) is 2.14. The van der Waals surface area contributed by atoms with Crippen molar-refractivity contribution in [2.75, 3.05) is 47.4 Å². The molecule has 0 amide bonds. The van der Waals surface area contributed by atoms with E-state index in [-0.39, 0.29) is 12.0 Å². The fraction of sp³-hybridized carbons (Fsp3) is 0.917. The summed E-state index contributed by atoms with van der Waals surface area (Å²) in [7, 11) is 5.71. The van der Waals surface area contributed by atoms with Crippen molar-refractivity contribution in [2.45, 2.75) is 25.4 Å². The van der Waals surface area contributed by atoms with E-state index in [1.54, 1.807) is 0 Å². The second-order valence-corrected chi connectivity index (χ2v) is 4.79. The van der Waals surface area contributed by atoms with Gasteiger partial charge in [0.05, 0.1) is 7.11 Å². The first-order chi connectivity index (χ1) is 8.08. The molecule has 1 aliphatic rings. The lowest BCUT2D eigenvalue weighted by Gasteiger charge is -2.38. The normalized spacial score (nSPS) is 24.6. The monoisotopic (exact) mass is 243 g/mol. The Bertz CT molecular complexity index is 248. The van der Waals surface area contributed by atoms with Gasteiger partial charge in [-0.05, 0) is 20.5 Å². The average Bonchev–Trinajstić information content (AvgIpc) is 2.33. The van der Waals surface area contributed by atoms with E-state index in [4.69, 9.17) is 4.74 Å². The highest BCUT2D eigenvalue weighted by Crippen LogP contribution is 2.05. The van der Waals surface area contributed by atoms with Crippen molar-refractivity contribution in [1.29, 1.82) is 0 Å². The van der Waals surface area contributed by atoms with Gasteiger partial charge in [-0.2, -0.15) is 0 Å². The molecule has 5 nitrogen and oxygen atoms in total. The number of rotatable bonds is 5. The minimum absolute atomic E-state index is 0.167. The lowest BCUT2D eigenvalue weighted by Crippen LogP contribution is -2.55. The van der Waals surface area contributed by atoms with E-state index in [0.717, 1.165) is 32.6 Å². The van der Waals surface area contributed by atoms with Crippen LogP contribution in [-0.2, 0) is 9.53 Å². The van der Waals surface area contributed by atoms with Crippen LogP contribution >= 0.6 is 0 Å². The van der Waals surface area contributed by atoms with Crippen molar-refractivity contribution in [1.82, 2.24) is 15.1 Å². The number of hydrogen-bond donors (Lipinski definition) is 1. The van der Waals surface area contributed by atoms with Crippen molar-refractivity contribution < 1.29 is 9.53 Å². The SMILES string of the molecule is CCC(NCC1CN(C)CCN1C)C(=O)OC. The van der Waals surface area contributed by atoms with Crippen molar-refractivity contribution in [3.63, 3.8) is 0 Å². The standard InChI is InChI=1S/C12H25N3O2/c1-5-11(12(16)17-4)13-8-10-9-14(2)6-7-15(10)3/h10-11,13H,5-9H2,1-4H3.